The van der Waals surface area contributed by atoms with Gasteiger partial charge >= 0.3 is 5.97 Å². The van der Waals surface area contributed by atoms with Crippen molar-refractivity contribution in [3.63, 3.8) is 0 Å². The summed E-state index contributed by atoms with van der Waals surface area (Å²) in [5.74, 6) is 0.0968. The van der Waals surface area contributed by atoms with E-state index in [0.29, 0.717) is 24.3 Å². The molecule has 1 aliphatic heterocycles. The van der Waals surface area contributed by atoms with Crippen molar-refractivity contribution in [2.75, 3.05) is 36.3 Å². The van der Waals surface area contributed by atoms with Gasteiger partial charge in [0, 0.05) is 13.2 Å². The number of nitrogens with zero attached hydrogens (tertiary/aromatic N) is 4. The Morgan fingerprint density at radius 1 is 1.30 bits per heavy atom. The molecule has 3 rings (SSSR count). The first-order valence-electron chi connectivity index (χ1n) is 8.18. The molecule has 0 atom stereocenters. The number of hydrogen-bond donors (Lipinski definition) is 2. The number of esters is 1. The first-order chi connectivity index (χ1) is 12.8. The number of rotatable bonds is 5. The molecule has 0 aliphatic carbocycles. The van der Waals surface area contributed by atoms with E-state index in [9.17, 15) is 13.2 Å². The van der Waals surface area contributed by atoms with E-state index in [4.69, 9.17) is 16.3 Å². The summed E-state index contributed by atoms with van der Waals surface area (Å²) in [7, 11) is -0.0706. The molecule has 146 valence electrons. The molecule has 0 aromatic carbocycles. The lowest BCUT2D eigenvalue weighted by Crippen LogP contribution is -2.25. The van der Waals surface area contributed by atoms with Gasteiger partial charge in [-0.15, -0.1) is 0 Å². The third-order valence-corrected chi connectivity index (χ3v) is 6.21. The summed E-state index contributed by atoms with van der Waals surface area (Å²) in [4.78, 5) is 20.3. The molecular formula is C15H19ClN6O4S. The molecule has 2 aromatic rings. The van der Waals surface area contributed by atoms with Gasteiger partial charge in [0.1, 0.15) is 9.84 Å². The number of aromatic nitrogens is 4. The highest BCUT2D eigenvalue weighted by Crippen LogP contribution is 2.27. The van der Waals surface area contributed by atoms with E-state index in [2.05, 4.69) is 25.7 Å². The van der Waals surface area contributed by atoms with Crippen LogP contribution in [0.25, 0.3) is 0 Å². The number of ether oxygens (including phenoxy) is 1. The standard InChI is InChI=1S/C15H19ClN6O4S/c1-17-14-12(16)20-11(15(23)26-2)13(21-14)19-9-7-18-22(8-9)10-3-5-27(24,25)6-4-10/h7-8,10H,3-6H2,1-2H3,(H2,17,19,21). The monoisotopic (exact) mass is 414 g/mol. The van der Waals surface area contributed by atoms with E-state index in [1.165, 1.54) is 7.11 Å². The second-order valence-electron chi connectivity index (χ2n) is 6.02. The Morgan fingerprint density at radius 3 is 2.63 bits per heavy atom. The molecule has 3 heterocycles. The highest BCUT2D eigenvalue weighted by molar-refractivity contribution is 7.91. The van der Waals surface area contributed by atoms with Crippen molar-refractivity contribution in [2.45, 2.75) is 18.9 Å². The van der Waals surface area contributed by atoms with E-state index in [0.717, 1.165) is 0 Å². The van der Waals surface area contributed by atoms with Gasteiger partial charge in [0.25, 0.3) is 0 Å². The second kappa shape index (κ2) is 7.69. The van der Waals surface area contributed by atoms with E-state index in [-0.39, 0.29) is 34.2 Å². The zero-order valence-corrected chi connectivity index (χ0v) is 16.3. The summed E-state index contributed by atoms with van der Waals surface area (Å²) in [6, 6.07) is 0.00771. The van der Waals surface area contributed by atoms with Gasteiger partial charge in [0.15, 0.2) is 22.5 Å². The molecule has 0 amide bonds. The van der Waals surface area contributed by atoms with E-state index >= 15 is 0 Å². The lowest BCUT2D eigenvalue weighted by Gasteiger charge is -2.22. The molecule has 0 unspecified atom stereocenters. The number of nitrogens with one attached hydrogen (secondary N) is 2. The van der Waals surface area contributed by atoms with Gasteiger partial charge in [-0.05, 0) is 12.8 Å². The molecule has 12 heteroatoms. The van der Waals surface area contributed by atoms with Crippen LogP contribution in [0.15, 0.2) is 12.4 Å². The van der Waals surface area contributed by atoms with Crippen LogP contribution in [-0.4, -0.2) is 59.8 Å². The van der Waals surface area contributed by atoms with Gasteiger partial charge in [-0.25, -0.2) is 23.2 Å². The minimum atomic E-state index is -2.94. The smallest absolute Gasteiger partial charge is 0.360 e. The lowest BCUT2D eigenvalue weighted by atomic mass is 10.2. The van der Waals surface area contributed by atoms with Crippen molar-refractivity contribution >= 4 is 44.7 Å². The molecule has 2 N–H and O–H groups in total. The van der Waals surface area contributed by atoms with Crippen LogP contribution in [0.3, 0.4) is 0 Å². The predicted molar refractivity (Wildman–Crippen MR) is 100 cm³/mol. The Kier molecular flexibility index (Phi) is 5.51. The Morgan fingerprint density at radius 2 is 2.00 bits per heavy atom. The zero-order chi connectivity index (χ0) is 19.6. The Balaban J connectivity index is 1.83. The largest absolute Gasteiger partial charge is 0.464 e. The van der Waals surface area contributed by atoms with Crippen LogP contribution in [0.1, 0.15) is 29.4 Å². The SMILES string of the molecule is CNc1nc(Nc2cnn(C3CCS(=O)(=O)CC3)c2)c(C(=O)OC)nc1Cl. The number of hydrogen-bond acceptors (Lipinski definition) is 9. The van der Waals surface area contributed by atoms with Crippen molar-refractivity contribution in [1.29, 1.82) is 0 Å². The minimum absolute atomic E-state index is 0.00771. The molecule has 10 nitrogen and oxygen atoms in total. The molecule has 1 aliphatic rings. The van der Waals surface area contributed by atoms with Crippen LogP contribution < -0.4 is 10.6 Å². The Bertz CT molecular complexity index is 947. The van der Waals surface area contributed by atoms with Crippen molar-refractivity contribution in [3.05, 3.63) is 23.2 Å². The maximum absolute atomic E-state index is 12.0. The molecule has 1 saturated heterocycles. The normalized spacial score (nSPS) is 16.7. The third kappa shape index (κ3) is 4.30. The fourth-order valence-electron chi connectivity index (χ4n) is 2.78. The fourth-order valence-corrected chi connectivity index (χ4v) is 4.47. The minimum Gasteiger partial charge on any atom is -0.464 e. The summed E-state index contributed by atoms with van der Waals surface area (Å²) in [6.07, 6.45) is 4.33. The number of halogens is 1. The predicted octanol–water partition coefficient (Wildman–Crippen LogP) is 1.65. The van der Waals surface area contributed by atoms with Crippen molar-refractivity contribution in [1.82, 2.24) is 19.7 Å². The maximum Gasteiger partial charge on any atom is 0.360 e. The quantitative estimate of drug-likeness (QED) is 0.701. The van der Waals surface area contributed by atoms with Gasteiger partial charge < -0.3 is 15.4 Å². The number of carbonyl (C=O) groups is 1. The first kappa shape index (κ1) is 19.4. The van der Waals surface area contributed by atoms with Gasteiger partial charge in [-0.1, -0.05) is 11.6 Å². The Hall–Kier alpha value is -2.40. The lowest BCUT2D eigenvalue weighted by molar-refractivity contribution is 0.0595. The van der Waals surface area contributed by atoms with Crippen LogP contribution in [0.2, 0.25) is 5.15 Å². The van der Waals surface area contributed by atoms with Crippen LogP contribution in [0.5, 0.6) is 0 Å². The fraction of sp³-hybridized carbons (Fsp3) is 0.467. The van der Waals surface area contributed by atoms with Crippen LogP contribution >= 0.6 is 11.6 Å². The summed E-state index contributed by atoms with van der Waals surface area (Å²) < 4.78 is 29.6. The average Bonchev–Trinajstić information content (AvgIpc) is 3.10. The molecule has 0 bridgehead atoms. The molecule has 0 saturated carbocycles. The maximum atomic E-state index is 12.0. The van der Waals surface area contributed by atoms with E-state index in [1.54, 1.807) is 24.1 Å². The first-order valence-corrected chi connectivity index (χ1v) is 10.4. The van der Waals surface area contributed by atoms with Crippen LogP contribution in [0.4, 0.5) is 17.3 Å². The summed E-state index contributed by atoms with van der Waals surface area (Å²) >= 11 is 6.00. The van der Waals surface area contributed by atoms with Gasteiger partial charge in [-0.3, -0.25) is 4.68 Å². The molecule has 0 spiro atoms. The Labute approximate surface area is 161 Å². The van der Waals surface area contributed by atoms with Crippen molar-refractivity contribution in [3.8, 4) is 0 Å². The molecular weight excluding hydrogens is 396 g/mol. The summed E-state index contributed by atoms with van der Waals surface area (Å²) in [5, 5.41) is 10.1. The molecule has 0 radical (unpaired) electrons. The third-order valence-electron chi connectivity index (χ3n) is 4.23. The van der Waals surface area contributed by atoms with Gasteiger partial charge in [-0.2, -0.15) is 5.10 Å². The average molecular weight is 415 g/mol. The second-order valence-corrected chi connectivity index (χ2v) is 8.68. The number of sulfone groups is 1. The molecule has 1 fully saturated rings. The molecule has 27 heavy (non-hydrogen) atoms. The highest BCUT2D eigenvalue weighted by atomic mass is 35.5. The summed E-state index contributed by atoms with van der Waals surface area (Å²) in [5.41, 5.74) is 0.519. The van der Waals surface area contributed by atoms with Gasteiger partial charge in [0.2, 0.25) is 0 Å². The molecule has 2 aromatic heterocycles. The number of methoxy groups -OCH3 is 1. The van der Waals surface area contributed by atoms with Crippen LogP contribution in [0, 0.1) is 0 Å². The summed E-state index contributed by atoms with van der Waals surface area (Å²) in [6.45, 7) is 0. The number of carbonyl (C=O) groups excluding carboxylic acids is 1. The van der Waals surface area contributed by atoms with Crippen molar-refractivity contribution in [2.24, 2.45) is 0 Å². The number of anilines is 3. The zero-order valence-electron chi connectivity index (χ0n) is 14.8. The van der Waals surface area contributed by atoms with E-state index < -0.39 is 15.8 Å². The van der Waals surface area contributed by atoms with Crippen molar-refractivity contribution < 1.29 is 17.9 Å². The topological polar surface area (TPSA) is 128 Å². The highest BCUT2D eigenvalue weighted by Gasteiger charge is 2.25. The van der Waals surface area contributed by atoms with Gasteiger partial charge in [0.05, 0.1) is 36.5 Å². The van der Waals surface area contributed by atoms with Crippen LogP contribution in [-0.2, 0) is 14.6 Å². The van der Waals surface area contributed by atoms with E-state index in [1.807, 2.05) is 0 Å².